The number of anilines is 2. The minimum Gasteiger partial charge on any atom is -0.444 e. The maximum Gasteiger partial charge on any atom is 0.501 e. The zero-order chi connectivity index (χ0) is 63.7. The molecule has 15 nitrogen and oxygen atoms in total. The first-order valence-electron chi connectivity index (χ1n) is 30.1. The molecule has 0 bridgehead atoms. The van der Waals surface area contributed by atoms with Crippen LogP contribution in [0, 0.1) is 12.3 Å². The Morgan fingerprint density at radius 1 is 0.798 bits per heavy atom. The first kappa shape index (κ1) is 67.4. The molecule has 89 heavy (non-hydrogen) atoms. The fraction of sp³-hybridized carbons (Fsp3) is 0.439. The maximum atomic E-state index is 14.6. The number of hydrogen-bond acceptors (Lipinski definition) is 15. The van der Waals surface area contributed by atoms with Gasteiger partial charge in [-0.3, -0.25) is 9.69 Å². The maximum absolute atomic E-state index is 14.6. The van der Waals surface area contributed by atoms with Crippen LogP contribution in [0.3, 0.4) is 0 Å². The minimum absolute atomic E-state index is 0.0135. The van der Waals surface area contributed by atoms with Crippen LogP contribution in [0.4, 0.5) is 29.3 Å². The van der Waals surface area contributed by atoms with Crippen molar-refractivity contribution in [3.63, 3.8) is 0 Å². The van der Waals surface area contributed by atoms with E-state index in [1.807, 2.05) is 80.4 Å². The Morgan fingerprint density at radius 3 is 2.11 bits per heavy atom. The lowest BCUT2D eigenvalue weighted by molar-refractivity contribution is -0.0436. The molecule has 3 aliphatic rings. The second-order valence-electron chi connectivity index (χ2n) is 24.9. The number of aryl methyl sites for hydroxylation is 2. The minimum atomic E-state index is -6.13. The Morgan fingerprint density at radius 2 is 1.46 bits per heavy atom. The second kappa shape index (κ2) is 29.1. The number of halogens is 4. The Kier molecular flexibility index (Phi) is 22.0. The summed E-state index contributed by atoms with van der Waals surface area (Å²) >= 11 is 9.26. The molecule has 1 atom stereocenters. The van der Waals surface area contributed by atoms with Crippen LogP contribution < -0.4 is 20.3 Å². The number of carbonyl (C=O) groups is 2. The number of sulfonamides is 1. The van der Waals surface area contributed by atoms with Crippen LogP contribution in [0.15, 0.2) is 141 Å². The highest BCUT2D eigenvalue weighted by Crippen LogP contribution is 2.43. The van der Waals surface area contributed by atoms with Crippen LogP contribution in [0.2, 0.25) is 5.02 Å². The molecular formula is C66H80ClF3N8O7S4. The number of benzene rings is 5. The molecule has 9 rings (SSSR count). The van der Waals surface area contributed by atoms with Crippen LogP contribution in [-0.4, -0.2) is 143 Å². The molecule has 2 amide bonds. The van der Waals surface area contributed by atoms with E-state index in [0.717, 1.165) is 148 Å². The van der Waals surface area contributed by atoms with Gasteiger partial charge < -0.3 is 30.1 Å². The summed E-state index contributed by atoms with van der Waals surface area (Å²) in [5.41, 5.74) is 4.24. The lowest BCUT2D eigenvalue weighted by atomic mass is 9.73. The summed E-state index contributed by atoms with van der Waals surface area (Å²) in [7, 11) is -11.0. The molecule has 0 spiro atoms. The zero-order valence-corrected chi connectivity index (χ0v) is 55.3. The van der Waals surface area contributed by atoms with E-state index in [0.29, 0.717) is 36.4 Å². The van der Waals surface area contributed by atoms with Crippen molar-refractivity contribution in [2.45, 2.75) is 118 Å². The molecule has 3 heterocycles. The van der Waals surface area contributed by atoms with Crippen molar-refractivity contribution in [1.82, 2.24) is 29.7 Å². The van der Waals surface area contributed by atoms with Crippen molar-refractivity contribution in [2.24, 2.45) is 5.41 Å². The van der Waals surface area contributed by atoms with E-state index < -0.39 is 64.5 Å². The standard InChI is InChI=1S/C66H80ClF3N8O7S4/c1-46-61(87-45-72-46)50-14-15-51(42-71-63(80)85-64(2,3)4)49(39-50)11-10-29-75-31-33-76(34-32-75)30-27-54(44-86-56-12-8-7-9-13-56)73-59-25-24-57(40-60(59)88(81,82)66(68,69)70)89(83,84)74-62(79)48-18-22-55(23-19-48)78-37-35-77(36-38-78)43-52-41-65(5,6)28-26-58(52)47-16-20-53(67)21-17-47/h7-9,12-25,39-40,45,54,73H,10-11,26-38,41-44H2,1-6H3,(H,71,80)(H,74,79)/t54-/m1/s1. The van der Waals surface area contributed by atoms with E-state index in [1.165, 1.54) is 40.6 Å². The van der Waals surface area contributed by atoms with Gasteiger partial charge >= 0.3 is 11.6 Å². The van der Waals surface area contributed by atoms with Gasteiger partial charge in [0.2, 0.25) is 0 Å². The number of hydrogen-bond donors (Lipinski definition) is 3. The van der Waals surface area contributed by atoms with Crippen molar-refractivity contribution in [2.75, 3.05) is 88.0 Å². The Hall–Kier alpha value is -5.98. The molecule has 23 heteroatoms. The number of rotatable bonds is 23. The van der Waals surface area contributed by atoms with Crippen LogP contribution in [0.25, 0.3) is 16.0 Å². The van der Waals surface area contributed by atoms with Crippen LogP contribution >= 0.6 is 34.7 Å². The van der Waals surface area contributed by atoms with Gasteiger partial charge in [0.25, 0.3) is 25.8 Å². The lowest BCUT2D eigenvalue weighted by Crippen LogP contribution is -2.47. The average molecular weight is 1320 g/mol. The van der Waals surface area contributed by atoms with Gasteiger partial charge in [0, 0.05) is 105 Å². The predicted molar refractivity (Wildman–Crippen MR) is 351 cm³/mol. The molecule has 1 aliphatic carbocycles. The first-order chi connectivity index (χ1) is 42.2. The van der Waals surface area contributed by atoms with Gasteiger partial charge in [0.15, 0.2) is 0 Å². The Labute approximate surface area is 535 Å². The number of aromatic nitrogens is 1. The smallest absolute Gasteiger partial charge is 0.444 e. The number of piperazine rings is 2. The first-order valence-corrected chi connectivity index (χ1v) is 35.3. The monoisotopic (exact) mass is 1320 g/mol. The van der Waals surface area contributed by atoms with Gasteiger partial charge in [-0.15, -0.1) is 23.1 Å². The number of alkyl halides is 3. The largest absolute Gasteiger partial charge is 0.501 e. The van der Waals surface area contributed by atoms with Gasteiger partial charge in [0.1, 0.15) is 10.5 Å². The summed E-state index contributed by atoms with van der Waals surface area (Å²) in [6.45, 7) is 20.7. The number of allylic oxidation sites excluding steroid dienone is 1. The number of alkyl carbamates (subject to hydrolysis) is 1. The number of carbonyl (C=O) groups excluding carboxylic acids is 2. The van der Waals surface area contributed by atoms with E-state index in [4.69, 9.17) is 16.3 Å². The highest BCUT2D eigenvalue weighted by Gasteiger charge is 2.48. The number of ether oxygens (including phenoxy) is 1. The van der Waals surface area contributed by atoms with Gasteiger partial charge in [-0.05, 0) is 179 Å². The van der Waals surface area contributed by atoms with E-state index in [9.17, 15) is 39.6 Å². The van der Waals surface area contributed by atoms with Gasteiger partial charge in [-0.25, -0.2) is 31.3 Å². The Bertz CT molecular complexity index is 3680. The normalized spacial score (nSPS) is 16.9. The quantitative estimate of drug-likeness (QED) is 0.0517. The third-order valence-corrected chi connectivity index (χ3v) is 21.8. The Balaban J connectivity index is 0.817. The summed E-state index contributed by atoms with van der Waals surface area (Å²) in [5.74, 6) is -0.699. The van der Waals surface area contributed by atoms with Crippen LogP contribution in [-0.2, 0) is 37.6 Å². The number of nitrogens with zero attached hydrogens (tertiary/aromatic N) is 5. The predicted octanol–water partition coefficient (Wildman–Crippen LogP) is 13.2. The molecule has 2 fully saturated rings. The van der Waals surface area contributed by atoms with E-state index in [2.05, 4.69) is 79.4 Å². The third-order valence-electron chi connectivity index (χ3n) is 16.5. The summed E-state index contributed by atoms with van der Waals surface area (Å²) in [4.78, 5) is 39.8. The number of thiazole rings is 1. The third kappa shape index (κ3) is 18.4. The van der Waals surface area contributed by atoms with E-state index in [1.54, 1.807) is 23.5 Å². The van der Waals surface area contributed by atoms with Gasteiger partial charge in [0.05, 0.1) is 26.7 Å². The number of nitrogens with one attached hydrogen (secondary N) is 3. The molecule has 1 aromatic heterocycles. The van der Waals surface area contributed by atoms with Crippen molar-refractivity contribution in [3.8, 4) is 10.4 Å². The lowest BCUT2D eigenvalue weighted by Gasteiger charge is -2.39. The molecule has 6 aromatic rings. The number of amides is 2. The van der Waals surface area contributed by atoms with Crippen molar-refractivity contribution >= 4 is 83.5 Å². The molecule has 3 N–H and O–H groups in total. The molecule has 2 aliphatic heterocycles. The molecule has 5 aromatic carbocycles. The SMILES string of the molecule is Cc1ncsc1-c1ccc(CNC(=O)OC(C)(C)C)c(CCCN2CCN(CC[C@H](CSc3ccccc3)Nc3ccc(S(=O)(=O)NC(=O)c4ccc(N5CCN(CC6=C(c7ccc(Cl)cc7)CCC(C)(C)C6)CC5)cc4)cc3S(=O)(=O)C(F)(F)F)CC2)c1. The van der Waals surface area contributed by atoms with Gasteiger partial charge in [-0.2, -0.15) is 13.2 Å². The highest BCUT2D eigenvalue weighted by atomic mass is 35.5. The summed E-state index contributed by atoms with van der Waals surface area (Å²) in [6.07, 6.45) is 4.69. The molecule has 2 saturated heterocycles. The molecule has 478 valence electrons. The van der Waals surface area contributed by atoms with Crippen molar-refractivity contribution < 1.29 is 44.3 Å². The average Bonchev–Trinajstić information content (AvgIpc) is 1.56. The van der Waals surface area contributed by atoms with Gasteiger partial charge in [-0.1, -0.05) is 73.5 Å². The molecular weight excluding hydrogens is 1240 g/mol. The topological polar surface area (TPSA) is 174 Å². The molecule has 0 unspecified atom stereocenters. The van der Waals surface area contributed by atoms with Crippen molar-refractivity contribution in [1.29, 1.82) is 0 Å². The van der Waals surface area contributed by atoms with Crippen LogP contribution in [0.5, 0.6) is 0 Å². The fourth-order valence-electron chi connectivity index (χ4n) is 11.6. The summed E-state index contributed by atoms with van der Waals surface area (Å²) in [5, 5.41) is 6.69. The summed E-state index contributed by atoms with van der Waals surface area (Å²) < 4.78 is 106. The van der Waals surface area contributed by atoms with E-state index in [-0.39, 0.29) is 11.0 Å². The highest BCUT2D eigenvalue weighted by molar-refractivity contribution is 7.99. The number of thioether (sulfide) groups is 1. The van der Waals surface area contributed by atoms with E-state index >= 15 is 0 Å². The molecule has 0 radical (unpaired) electrons. The fourth-order valence-corrected chi connectivity index (χ4v) is 15.6. The number of sulfone groups is 1. The zero-order valence-electron chi connectivity index (χ0n) is 51.3. The van der Waals surface area contributed by atoms with Crippen LogP contribution in [0.1, 0.15) is 99.5 Å². The molecule has 0 saturated carbocycles. The van der Waals surface area contributed by atoms with Crippen molar-refractivity contribution in [3.05, 3.63) is 159 Å². The second-order valence-corrected chi connectivity index (χ2v) is 30.9. The summed E-state index contributed by atoms with van der Waals surface area (Å²) in [6, 6.07) is 32.1.